The number of rotatable bonds is 7. The van der Waals surface area contributed by atoms with Crippen LogP contribution in [0.1, 0.15) is 32.2 Å². The Morgan fingerprint density at radius 2 is 1.78 bits per heavy atom. The highest BCUT2D eigenvalue weighted by atomic mass is 35.5. The van der Waals surface area contributed by atoms with Crippen molar-refractivity contribution in [3.05, 3.63) is 81.7 Å². The quantitative estimate of drug-likeness (QED) is 0.311. The predicted octanol–water partition coefficient (Wildman–Crippen LogP) is 4.55. The van der Waals surface area contributed by atoms with Crippen LogP contribution in [0.4, 0.5) is 20.3 Å². The fraction of sp³-hybridized carbons (Fsp3) is 0.167. The first-order valence-corrected chi connectivity index (χ1v) is 11.0. The summed E-state index contributed by atoms with van der Waals surface area (Å²) in [5.41, 5.74) is 2.90. The third kappa shape index (κ3) is 5.20. The highest BCUT2D eigenvalue weighted by molar-refractivity contribution is 6.34. The molecule has 2 heterocycles. The highest BCUT2D eigenvalue weighted by Crippen LogP contribution is 2.27. The molecule has 0 fully saturated rings. The van der Waals surface area contributed by atoms with Crippen molar-refractivity contribution in [2.45, 2.75) is 13.5 Å². The van der Waals surface area contributed by atoms with Gasteiger partial charge in [-0.25, -0.2) is 8.78 Å². The molecule has 0 aliphatic carbocycles. The summed E-state index contributed by atoms with van der Waals surface area (Å²) in [4.78, 5) is 27.0. The van der Waals surface area contributed by atoms with Gasteiger partial charge in [0, 0.05) is 43.5 Å². The van der Waals surface area contributed by atoms with Gasteiger partial charge in [-0.1, -0.05) is 28.9 Å². The number of hydrogen-bond donors (Lipinski definition) is 3. The van der Waals surface area contributed by atoms with Gasteiger partial charge in [0.2, 0.25) is 0 Å². The smallest absolute Gasteiger partial charge is 0.272 e. The van der Waals surface area contributed by atoms with Crippen LogP contribution in [0.3, 0.4) is 0 Å². The number of carbonyl (C=O) groups excluding carboxylic acids is 2. The summed E-state index contributed by atoms with van der Waals surface area (Å²) in [6, 6.07) is 10.4. The van der Waals surface area contributed by atoms with E-state index in [1.807, 2.05) is 43.3 Å². The lowest BCUT2D eigenvalue weighted by molar-refractivity contribution is 0.0945. The van der Waals surface area contributed by atoms with Crippen LogP contribution < -0.4 is 15.5 Å². The summed E-state index contributed by atoms with van der Waals surface area (Å²) in [5.74, 6) is -3.10. The first-order valence-electron chi connectivity index (χ1n) is 10.7. The molecule has 2 aromatic heterocycles. The Bertz CT molecular complexity index is 1430. The molecule has 4 rings (SSSR count). The van der Waals surface area contributed by atoms with Crippen molar-refractivity contribution in [2.24, 2.45) is 0 Å². The SMILES string of the molecule is Cc1onc(-c2ccc(N(C)C)cc2)c1CNC(=O)c1cc(NC(=O)c2cc(F)c(F)cc2Cl)[nH]n1. The number of nitrogens with one attached hydrogen (secondary N) is 3. The van der Waals surface area contributed by atoms with Gasteiger partial charge in [-0.3, -0.25) is 14.7 Å². The molecule has 36 heavy (non-hydrogen) atoms. The van der Waals surface area contributed by atoms with Crippen LogP contribution in [0.5, 0.6) is 0 Å². The number of anilines is 2. The van der Waals surface area contributed by atoms with Gasteiger partial charge in [-0.2, -0.15) is 5.10 Å². The number of halogens is 3. The third-order valence-electron chi connectivity index (χ3n) is 5.38. The van der Waals surface area contributed by atoms with E-state index in [4.69, 9.17) is 16.1 Å². The standard InChI is InChI=1S/C24H21ClF2N6O3/c1-12-16(22(32-36-12)13-4-6-14(7-5-13)33(2)3)11-28-24(35)20-10-21(31-30-20)29-23(34)15-8-18(26)19(27)9-17(15)25/h4-10H,11H2,1-3H3,(H,28,35)(H2,29,30,31,34). The van der Waals surface area contributed by atoms with Crippen molar-refractivity contribution in [1.29, 1.82) is 0 Å². The number of amides is 2. The molecular formula is C24H21ClF2N6O3. The number of H-pyrrole nitrogens is 1. The molecule has 0 saturated carbocycles. The maximum atomic E-state index is 13.5. The Morgan fingerprint density at radius 1 is 1.08 bits per heavy atom. The molecule has 0 saturated heterocycles. The molecule has 4 aromatic rings. The molecule has 0 bridgehead atoms. The number of nitrogens with zero attached hydrogens (tertiary/aromatic N) is 3. The van der Waals surface area contributed by atoms with Crippen molar-refractivity contribution in [3.8, 4) is 11.3 Å². The van der Waals surface area contributed by atoms with Crippen LogP contribution in [0, 0.1) is 18.6 Å². The number of aromatic amines is 1. The molecule has 12 heteroatoms. The summed E-state index contributed by atoms with van der Waals surface area (Å²) >= 11 is 5.83. The van der Waals surface area contributed by atoms with Gasteiger partial charge in [0.05, 0.1) is 10.6 Å². The fourth-order valence-corrected chi connectivity index (χ4v) is 3.63. The number of aryl methyl sites for hydroxylation is 1. The minimum Gasteiger partial charge on any atom is -0.378 e. The second kappa shape index (κ2) is 10.2. The van der Waals surface area contributed by atoms with Gasteiger partial charge < -0.3 is 20.1 Å². The van der Waals surface area contributed by atoms with E-state index in [1.54, 1.807) is 6.92 Å². The maximum Gasteiger partial charge on any atom is 0.272 e. The van der Waals surface area contributed by atoms with Crippen LogP contribution in [0.25, 0.3) is 11.3 Å². The van der Waals surface area contributed by atoms with Crippen LogP contribution in [-0.2, 0) is 6.54 Å². The average Bonchev–Trinajstić information content (AvgIpc) is 3.46. The van der Waals surface area contributed by atoms with E-state index in [-0.39, 0.29) is 28.6 Å². The maximum absolute atomic E-state index is 13.5. The van der Waals surface area contributed by atoms with Gasteiger partial charge in [0.1, 0.15) is 17.3 Å². The fourth-order valence-electron chi connectivity index (χ4n) is 3.39. The van der Waals surface area contributed by atoms with Crippen molar-refractivity contribution in [2.75, 3.05) is 24.3 Å². The molecule has 186 valence electrons. The zero-order valence-electron chi connectivity index (χ0n) is 19.4. The first-order chi connectivity index (χ1) is 17.1. The summed E-state index contributed by atoms with van der Waals surface area (Å²) in [6.07, 6.45) is 0. The van der Waals surface area contributed by atoms with Gasteiger partial charge >= 0.3 is 0 Å². The molecular weight excluding hydrogens is 494 g/mol. The Hall–Kier alpha value is -4.25. The molecule has 2 aromatic carbocycles. The molecule has 0 unspecified atom stereocenters. The first kappa shape index (κ1) is 24.9. The second-order valence-electron chi connectivity index (χ2n) is 8.06. The molecule has 0 atom stereocenters. The summed E-state index contributed by atoms with van der Waals surface area (Å²) in [5, 5.41) is 15.4. The monoisotopic (exact) mass is 514 g/mol. The largest absolute Gasteiger partial charge is 0.378 e. The number of hydrogen-bond acceptors (Lipinski definition) is 6. The molecule has 0 radical (unpaired) electrons. The van der Waals surface area contributed by atoms with Gasteiger partial charge in [0.25, 0.3) is 11.8 Å². The topological polar surface area (TPSA) is 116 Å². The Labute approximate surface area is 209 Å². The van der Waals surface area contributed by atoms with Crippen molar-refractivity contribution >= 4 is 34.9 Å². The zero-order chi connectivity index (χ0) is 26.0. The van der Waals surface area contributed by atoms with Gasteiger partial charge in [-0.05, 0) is 31.2 Å². The van der Waals surface area contributed by atoms with Gasteiger partial charge in [-0.15, -0.1) is 0 Å². The van der Waals surface area contributed by atoms with Crippen molar-refractivity contribution in [3.63, 3.8) is 0 Å². The molecule has 0 aliphatic rings. The minimum absolute atomic E-state index is 0.00678. The number of carbonyl (C=O) groups is 2. The Morgan fingerprint density at radius 3 is 2.47 bits per heavy atom. The van der Waals surface area contributed by atoms with Gasteiger partial charge in [0.15, 0.2) is 17.3 Å². The summed E-state index contributed by atoms with van der Waals surface area (Å²) < 4.78 is 32.1. The lowest BCUT2D eigenvalue weighted by Crippen LogP contribution is -2.23. The van der Waals surface area contributed by atoms with E-state index in [0.717, 1.165) is 11.3 Å². The molecule has 0 aliphatic heterocycles. The van der Waals surface area contributed by atoms with E-state index in [0.29, 0.717) is 29.2 Å². The lowest BCUT2D eigenvalue weighted by atomic mass is 10.1. The van der Waals surface area contributed by atoms with Crippen LogP contribution in [0.2, 0.25) is 5.02 Å². The van der Waals surface area contributed by atoms with E-state index in [2.05, 4.69) is 26.0 Å². The second-order valence-corrected chi connectivity index (χ2v) is 8.46. The summed E-state index contributed by atoms with van der Waals surface area (Å²) in [7, 11) is 3.89. The third-order valence-corrected chi connectivity index (χ3v) is 5.69. The molecule has 0 spiro atoms. The van der Waals surface area contributed by atoms with E-state index in [9.17, 15) is 18.4 Å². The minimum atomic E-state index is -1.22. The predicted molar refractivity (Wildman–Crippen MR) is 130 cm³/mol. The van der Waals surface area contributed by atoms with Crippen molar-refractivity contribution in [1.82, 2.24) is 20.7 Å². The van der Waals surface area contributed by atoms with Crippen molar-refractivity contribution < 1.29 is 22.9 Å². The van der Waals surface area contributed by atoms with Crippen LogP contribution in [0.15, 0.2) is 47.0 Å². The number of aromatic nitrogens is 3. The molecule has 3 N–H and O–H groups in total. The molecule has 2 amide bonds. The highest BCUT2D eigenvalue weighted by Gasteiger charge is 2.19. The lowest BCUT2D eigenvalue weighted by Gasteiger charge is -2.12. The Kier molecular flexibility index (Phi) is 7.02. The average molecular weight is 515 g/mol. The van der Waals surface area contributed by atoms with E-state index in [1.165, 1.54) is 6.07 Å². The normalized spacial score (nSPS) is 10.8. The summed E-state index contributed by atoms with van der Waals surface area (Å²) in [6.45, 7) is 1.87. The van der Waals surface area contributed by atoms with E-state index >= 15 is 0 Å². The van der Waals surface area contributed by atoms with E-state index < -0.39 is 23.4 Å². The Balaban J connectivity index is 1.43. The number of benzene rings is 2. The molecule has 9 nitrogen and oxygen atoms in total. The van der Waals surface area contributed by atoms with Crippen LogP contribution >= 0.6 is 11.6 Å². The van der Waals surface area contributed by atoms with Crippen LogP contribution in [-0.4, -0.2) is 41.3 Å². The zero-order valence-corrected chi connectivity index (χ0v) is 20.2.